The van der Waals surface area contributed by atoms with E-state index in [4.69, 9.17) is 0 Å². The molecule has 2 rings (SSSR count). The number of benzene rings is 1. The Morgan fingerprint density at radius 3 is 2.79 bits per heavy atom. The largest absolute Gasteiger partial charge is 0.308 e. The molecule has 1 aromatic heterocycles. The summed E-state index contributed by atoms with van der Waals surface area (Å²) < 4.78 is 33.3. The van der Waals surface area contributed by atoms with Crippen molar-refractivity contribution in [1.82, 2.24) is 10.2 Å². The second kappa shape index (κ2) is 3.06. The summed E-state index contributed by atoms with van der Waals surface area (Å²) in [5.41, 5.74) is 0.911. The zero-order valence-corrected chi connectivity index (χ0v) is 7.88. The lowest BCUT2D eigenvalue weighted by Gasteiger charge is -1.92. The average molecular weight is 214 g/mol. The van der Waals surface area contributed by atoms with Gasteiger partial charge >= 0.3 is 10.2 Å². The third kappa shape index (κ3) is 1.74. The zero-order valence-electron chi connectivity index (χ0n) is 7.07. The highest BCUT2D eigenvalue weighted by atomic mass is 32.3. The molecule has 4 nitrogen and oxygen atoms in total. The van der Waals surface area contributed by atoms with Gasteiger partial charge in [-0.05, 0) is 6.07 Å². The molecule has 6 heteroatoms. The molecule has 0 aliphatic heterocycles. The summed E-state index contributed by atoms with van der Waals surface area (Å²) in [5, 5.41) is 6.98. The molecule has 14 heavy (non-hydrogen) atoms. The summed E-state index contributed by atoms with van der Waals surface area (Å²) in [4.78, 5) is 0. The van der Waals surface area contributed by atoms with Crippen LogP contribution in [0.25, 0.3) is 10.9 Å². The molecule has 0 amide bonds. The van der Waals surface area contributed by atoms with Crippen LogP contribution in [0.2, 0.25) is 0 Å². The molecule has 2 aromatic rings. The van der Waals surface area contributed by atoms with Crippen molar-refractivity contribution in [1.29, 1.82) is 0 Å². The lowest BCUT2D eigenvalue weighted by molar-refractivity contribution is 0.550. The van der Waals surface area contributed by atoms with Gasteiger partial charge in [0, 0.05) is 5.39 Å². The van der Waals surface area contributed by atoms with Gasteiger partial charge in [0.1, 0.15) is 5.75 Å². The van der Waals surface area contributed by atoms with Crippen molar-refractivity contribution in [2.45, 2.75) is 5.75 Å². The van der Waals surface area contributed by atoms with Gasteiger partial charge in [0.25, 0.3) is 0 Å². The number of H-pyrrole nitrogens is 1. The second-order valence-corrected chi connectivity index (χ2v) is 4.27. The van der Waals surface area contributed by atoms with E-state index in [1.54, 1.807) is 24.3 Å². The van der Waals surface area contributed by atoms with Crippen molar-refractivity contribution in [2.24, 2.45) is 0 Å². The summed E-state index contributed by atoms with van der Waals surface area (Å²) in [7, 11) is -4.51. The van der Waals surface area contributed by atoms with Gasteiger partial charge in [-0.25, -0.2) is 0 Å². The van der Waals surface area contributed by atoms with Crippen molar-refractivity contribution in [3.8, 4) is 0 Å². The van der Waals surface area contributed by atoms with Crippen LogP contribution in [0.4, 0.5) is 3.89 Å². The highest BCUT2D eigenvalue weighted by molar-refractivity contribution is 7.85. The fourth-order valence-corrected chi connectivity index (χ4v) is 1.86. The Morgan fingerprint density at radius 2 is 2.07 bits per heavy atom. The fourth-order valence-electron chi connectivity index (χ4n) is 1.30. The summed E-state index contributed by atoms with van der Waals surface area (Å²) >= 11 is 0. The van der Waals surface area contributed by atoms with Gasteiger partial charge in [0.15, 0.2) is 0 Å². The van der Waals surface area contributed by atoms with Gasteiger partial charge in [-0.2, -0.15) is 13.5 Å². The predicted octanol–water partition coefficient (Wildman–Crippen LogP) is 1.36. The maximum Gasteiger partial charge on any atom is 0.308 e. The molecule has 0 fully saturated rings. The maximum atomic E-state index is 12.4. The molecule has 1 N–H and O–H groups in total. The topological polar surface area (TPSA) is 62.8 Å². The number of aromatic nitrogens is 2. The molecule has 0 aliphatic rings. The van der Waals surface area contributed by atoms with Crippen molar-refractivity contribution >= 4 is 21.1 Å². The highest BCUT2D eigenvalue weighted by Gasteiger charge is 2.13. The van der Waals surface area contributed by atoms with E-state index in [0.29, 0.717) is 10.9 Å². The van der Waals surface area contributed by atoms with Gasteiger partial charge in [-0.3, -0.25) is 5.10 Å². The summed E-state index contributed by atoms with van der Waals surface area (Å²) in [6.07, 6.45) is 0. The minimum atomic E-state index is -4.51. The van der Waals surface area contributed by atoms with Gasteiger partial charge in [0.05, 0.1) is 11.2 Å². The first-order valence-corrected chi connectivity index (χ1v) is 5.46. The van der Waals surface area contributed by atoms with Crippen LogP contribution in [0.3, 0.4) is 0 Å². The molecule has 74 valence electrons. The quantitative estimate of drug-likeness (QED) is 0.768. The number of rotatable bonds is 2. The van der Waals surface area contributed by atoms with Crippen molar-refractivity contribution in [3.05, 3.63) is 30.0 Å². The van der Waals surface area contributed by atoms with Gasteiger partial charge in [0.2, 0.25) is 0 Å². The summed E-state index contributed by atoms with van der Waals surface area (Å²) in [6.45, 7) is 0. The third-order valence-electron chi connectivity index (χ3n) is 1.86. The smallest absolute Gasteiger partial charge is 0.280 e. The van der Waals surface area contributed by atoms with Crippen molar-refractivity contribution in [2.75, 3.05) is 0 Å². The highest BCUT2D eigenvalue weighted by Crippen LogP contribution is 2.17. The van der Waals surface area contributed by atoms with E-state index in [0.717, 1.165) is 0 Å². The number of hydrogen-bond acceptors (Lipinski definition) is 3. The SMILES string of the molecule is O=S(=O)(F)Cc1[nH]nc2ccccc12. The first-order chi connectivity index (χ1) is 6.56. The van der Waals surface area contributed by atoms with Gasteiger partial charge in [-0.15, -0.1) is 3.89 Å². The molecule has 0 spiro atoms. The maximum absolute atomic E-state index is 12.4. The van der Waals surface area contributed by atoms with Crippen LogP contribution in [0.5, 0.6) is 0 Å². The number of hydrogen-bond donors (Lipinski definition) is 1. The molecule has 0 bridgehead atoms. The van der Waals surface area contributed by atoms with E-state index in [1.165, 1.54) is 0 Å². The van der Waals surface area contributed by atoms with E-state index in [-0.39, 0.29) is 5.69 Å². The van der Waals surface area contributed by atoms with Crippen LogP contribution in [0, 0.1) is 0 Å². The molecular formula is C8H7FN2O2S. The number of nitrogens with zero attached hydrogens (tertiary/aromatic N) is 1. The van der Waals surface area contributed by atoms with Crippen LogP contribution < -0.4 is 0 Å². The van der Waals surface area contributed by atoms with Crippen LogP contribution >= 0.6 is 0 Å². The normalized spacial score (nSPS) is 12.1. The number of fused-ring (bicyclic) bond motifs is 1. The minimum absolute atomic E-state index is 0.281. The van der Waals surface area contributed by atoms with Crippen LogP contribution in [-0.4, -0.2) is 18.6 Å². The molecule has 1 heterocycles. The van der Waals surface area contributed by atoms with E-state index in [1.807, 2.05) is 0 Å². The Bertz CT molecular complexity index is 561. The van der Waals surface area contributed by atoms with E-state index in [9.17, 15) is 12.3 Å². The third-order valence-corrected chi connectivity index (χ3v) is 2.49. The van der Waals surface area contributed by atoms with Gasteiger partial charge < -0.3 is 0 Å². The zero-order chi connectivity index (χ0) is 10.2. The average Bonchev–Trinajstić information content (AvgIpc) is 2.47. The number of nitrogens with one attached hydrogen (secondary N) is 1. The fraction of sp³-hybridized carbons (Fsp3) is 0.125. The van der Waals surface area contributed by atoms with E-state index in [2.05, 4.69) is 10.2 Å². The first-order valence-electron chi connectivity index (χ1n) is 3.90. The molecule has 0 saturated carbocycles. The van der Waals surface area contributed by atoms with Gasteiger partial charge in [-0.1, -0.05) is 18.2 Å². The van der Waals surface area contributed by atoms with Crippen molar-refractivity contribution in [3.63, 3.8) is 0 Å². The first kappa shape index (κ1) is 9.14. The Balaban J connectivity index is 2.54. The molecule has 1 aromatic carbocycles. The second-order valence-electron chi connectivity index (χ2n) is 2.90. The molecular weight excluding hydrogens is 207 g/mol. The Morgan fingerprint density at radius 1 is 1.36 bits per heavy atom. The summed E-state index contributed by atoms with van der Waals surface area (Å²) in [6, 6.07) is 6.93. The Hall–Kier alpha value is -1.43. The lowest BCUT2D eigenvalue weighted by atomic mass is 10.2. The molecule has 0 saturated heterocycles. The minimum Gasteiger partial charge on any atom is -0.280 e. The summed E-state index contributed by atoms with van der Waals surface area (Å²) in [5.74, 6) is -0.659. The number of halogens is 1. The lowest BCUT2D eigenvalue weighted by Crippen LogP contribution is -1.96. The van der Waals surface area contributed by atoms with Crippen LogP contribution in [0.15, 0.2) is 24.3 Å². The van der Waals surface area contributed by atoms with E-state index >= 15 is 0 Å². The molecule has 0 unspecified atom stereocenters. The standard InChI is InChI=1S/C8H7FN2O2S/c9-14(12,13)5-8-6-3-1-2-4-7(6)10-11-8/h1-4H,5H2,(H,10,11). The molecule has 0 aliphatic carbocycles. The molecule has 0 atom stereocenters. The molecule has 0 radical (unpaired) electrons. The van der Waals surface area contributed by atoms with E-state index < -0.39 is 16.0 Å². The van der Waals surface area contributed by atoms with Crippen LogP contribution in [-0.2, 0) is 16.0 Å². The number of para-hydroxylation sites is 1. The predicted molar refractivity (Wildman–Crippen MR) is 49.8 cm³/mol. The number of aromatic amines is 1. The Kier molecular flexibility index (Phi) is 1.99. The van der Waals surface area contributed by atoms with Crippen LogP contribution in [0.1, 0.15) is 5.69 Å². The monoisotopic (exact) mass is 214 g/mol. The Labute approximate surface area is 80.0 Å². The van der Waals surface area contributed by atoms with Crippen molar-refractivity contribution < 1.29 is 12.3 Å².